The highest BCUT2D eigenvalue weighted by Gasteiger charge is 2.43. The summed E-state index contributed by atoms with van der Waals surface area (Å²) in [6, 6.07) is 0.225. The van der Waals surface area contributed by atoms with Gasteiger partial charge < -0.3 is 10.2 Å². The maximum absolute atomic E-state index is 13.0. The lowest BCUT2D eigenvalue weighted by molar-refractivity contribution is -0.132. The molecule has 1 amide bonds. The average Bonchev–Trinajstić information content (AvgIpc) is 2.47. The van der Waals surface area contributed by atoms with Gasteiger partial charge in [-0.05, 0) is 25.7 Å². The number of amides is 1. The van der Waals surface area contributed by atoms with Gasteiger partial charge in [0.05, 0.1) is 5.25 Å². The third kappa shape index (κ3) is 4.83. The van der Waals surface area contributed by atoms with Crippen LogP contribution in [0.25, 0.3) is 0 Å². The van der Waals surface area contributed by atoms with E-state index in [9.17, 15) is 13.2 Å². The lowest BCUT2D eigenvalue weighted by Crippen LogP contribution is -2.56. The Kier molecular flexibility index (Phi) is 7.81. The molecular weight excluding hydrogens is 336 g/mol. The van der Waals surface area contributed by atoms with E-state index in [0.29, 0.717) is 13.1 Å². The second kappa shape index (κ2) is 8.67. The summed E-state index contributed by atoms with van der Waals surface area (Å²) in [6.07, 6.45) is 4.48. The molecule has 0 aromatic carbocycles. The molecule has 5 nitrogen and oxygen atoms in total. The van der Waals surface area contributed by atoms with Crippen molar-refractivity contribution in [1.29, 1.82) is 0 Å². The highest BCUT2D eigenvalue weighted by atomic mass is 35.5. The van der Waals surface area contributed by atoms with Crippen LogP contribution < -0.4 is 5.32 Å². The molecule has 1 aliphatic heterocycles. The second-order valence-electron chi connectivity index (χ2n) is 7.15. The van der Waals surface area contributed by atoms with Crippen molar-refractivity contribution in [3.8, 4) is 0 Å². The molecule has 0 aromatic heterocycles. The minimum Gasteiger partial charge on any atom is -0.339 e. The molecular formula is C16H31ClN2O3S. The van der Waals surface area contributed by atoms with E-state index in [2.05, 4.69) is 5.32 Å². The fourth-order valence-corrected chi connectivity index (χ4v) is 6.31. The van der Waals surface area contributed by atoms with E-state index in [1.807, 2.05) is 20.8 Å². The van der Waals surface area contributed by atoms with Crippen LogP contribution in [0.4, 0.5) is 0 Å². The molecule has 1 N–H and O–H groups in total. The SMILES string of the molecule is CC1CN(C(=O)C(C(C)C)S(=O)(=O)C2CCCCC2)CCN1.Cl. The molecule has 1 heterocycles. The van der Waals surface area contributed by atoms with Gasteiger partial charge in [-0.3, -0.25) is 4.79 Å². The van der Waals surface area contributed by atoms with E-state index in [1.54, 1.807) is 4.90 Å². The predicted octanol–water partition coefficient (Wildman–Crippen LogP) is 2.00. The number of nitrogens with zero attached hydrogens (tertiary/aromatic N) is 1. The number of carbonyl (C=O) groups excluding carboxylic acids is 1. The molecule has 1 saturated heterocycles. The Morgan fingerprint density at radius 3 is 2.30 bits per heavy atom. The van der Waals surface area contributed by atoms with Crippen LogP contribution in [0.1, 0.15) is 52.9 Å². The molecule has 2 atom stereocenters. The van der Waals surface area contributed by atoms with Crippen LogP contribution in [0.5, 0.6) is 0 Å². The van der Waals surface area contributed by atoms with Crippen molar-refractivity contribution in [1.82, 2.24) is 10.2 Å². The van der Waals surface area contributed by atoms with E-state index < -0.39 is 15.1 Å². The Bertz CT molecular complexity index is 490. The van der Waals surface area contributed by atoms with Crippen molar-refractivity contribution in [3.63, 3.8) is 0 Å². The van der Waals surface area contributed by atoms with E-state index in [4.69, 9.17) is 0 Å². The molecule has 0 aromatic rings. The Morgan fingerprint density at radius 1 is 1.17 bits per heavy atom. The molecule has 136 valence electrons. The first-order valence-corrected chi connectivity index (χ1v) is 10.2. The minimum absolute atomic E-state index is 0. The smallest absolute Gasteiger partial charge is 0.241 e. The quantitative estimate of drug-likeness (QED) is 0.826. The standard InChI is InChI=1S/C16H30N2O3S.ClH/c1-12(2)15(16(19)18-10-9-17-13(3)11-18)22(20,21)14-7-5-4-6-8-14;/h12-15,17H,4-11H2,1-3H3;1H. The number of hydrogen-bond acceptors (Lipinski definition) is 4. The highest BCUT2D eigenvalue weighted by Crippen LogP contribution is 2.30. The first-order valence-electron chi connectivity index (χ1n) is 8.59. The summed E-state index contributed by atoms with van der Waals surface area (Å²) >= 11 is 0. The van der Waals surface area contributed by atoms with Crippen molar-refractivity contribution in [2.45, 2.75) is 69.4 Å². The maximum atomic E-state index is 13.0. The maximum Gasteiger partial charge on any atom is 0.241 e. The molecule has 0 radical (unpaired) electrons. The topological polar surface area (TPSA) is 66.5 Å². The van der Waals surface area contributed by atoms with Gasteiger partial charge in [0.15, 0.2) is 9.84 Å². The third-order valence-corrected chi connectivity index (χ3v) is 7.75. The minimum atomic E-state index is -3.40. The number of rotatable bonds is 4. The Morgan fingerprint density at radius 2 is 1.78 bits per heavy atom. The van der Waals surface area contributed by atoms with Gasteiger partial charge in [-0.1, -0.05) is 33.1 Å². The first kappa shape index (κ1) is 20.7. The number of piperazine rings is 1. The van der Waals surface area contributed by atoms with Gasteiger partial charge in [0.25, 0.3) is 0 Å². The van der Waals surface area contributed by atoms with E-state index in [1.165, 1.54) is 0 Å². The van der Waals surface area contributed by atoms with Gasteiger partial charge >= 0.3 is 0 Å². The van der Waals surface area contributed by atoms with E-state index in [0.717, 1.165) is 38.6 Å². The second-order valence-corrected chi connectivity index (χ2v) is 9.51. The van der Waals surface area contributed by atoms with E-state index >= 15 is 0 Å². The molecule has 0 spiro atoms. The van der Waals surface area contributed by atoms with Crippen molar-refractivity contribution < 1.29 is 13.2 Å². The van der Waals surface area contributed by atoms with Crippen LogP contribution in [0.15, 0.2) is 0 Å². The van der Waals surface area contributed by atoms with Crippen LogP contribution in [0.2, 0.25) is 0 Å². The zero-order chi connectivity index (χ0) is 16.3. The molecule has 23 heavy (non-hydrogen) atoms. The van der Waals surface area contributed by atoms with Crippen molar-refractivity contribution >= 4 is 28.2 Å². The van der Waals surface area contributed by atoms with Crippen molar-refractivity contribution in [2.75, 3.05) is 19.6 Å². The number of nitrogens with one attached hydrogen (secondary N) is 1. The fourth-order valence-electron chi connectivity index (χ4n) is 3.72. The molecule has 0 bridgehead atoms. The van der Waals surface area contributed by atoms with Crippen LogP contribution in [-0.2, 0) is 14.6 Å². The summed E-state index contributed by atoms with van der Waals surface area (Å²) in [4.78, 5) is 14.6. The number of sulfone groups is 1. The van der Waals surface area contributed by atoms with Crippen LogP contribution in [-0.4, -0.2) is 55.4 Å². The van der Waals surface area contributed by atoms with Crippen molar-refractivity contribution in [3.05, 3.63) is 0 Å². The van der Waals surface area contributed by atoms with Crippen LogP contribution >= 0.6 is 12.4 Å². The van der Waals surface area contributed by atoms with Crippen LogP contribution in [0.3, 0.4) is 0 Å². The van der Waals surface area contributed by atoms with Gasteiger partial charge in [-0.15, -0.1) is 12.4 Å². The molecule has 1 aliphatic carbocycles. The molecule has 2 fully saturated rings. The van der Waals surface area contributed by atoms with Gasteiger partial charge in [-0.25, -0.2) is 8.42 Å². The van der Waals surface area contributed by atoms with Gasteiger partial charge in [0.1, 0.15) is 5.25 Å². The third-order valence-electron chi connectivity index (χ3n) is 4.90. The largest absolute Gasteiger partial charge is 0.339 e. The Labute approximate surface area is 146 Å². The van der Waals surface area contributed by atoms with Crippen LogP contribution in [0, 0.1) is 5.92 Å². The summed E-state index contributed by atoms with van der Waals surface area (Å²) < 4.78 is 26.1. The summed E-state index contributed by atoms with van der Waals surface area (Å²) in [5.41, 5.74) is 0. The first-order chi connectivity index (χ1) is 10.3. The lowest BCUT2D eigenvalue weighted by atomic mass is 10.0. The normalized spacial score (nSPS) is 25.0. The molecule has 2 aliphatic rings. The lowest BCUT2D eigenvalue weighted by Gasteiger charge is -2.36. The van der Waals surface area contributed by atoms with E-state index in [-0.39, 0.29) is 35.5 Å². The molecule has 2 rings (SSSR count). The summed E-state index contributed by atoms with van der Waals surface area (Å²) in [5.74, 6) is -0.362. The summed E-state index contributed by atoms with van der Waals surface area (Å²) in [7, 11) is -3.40. The van der Waals surface area contributed by atoms with Gasteiger partial charge in [0, 0.05) is 25.7 Å². The molecule has 7 heteroatoms. The van der Waals surface area contributed by atoms with Crippen molar-refractivity contribution in [2.24, 2.45) is 5.92 Å². The number of halogens is 1. The van der Waals surface area contributed by atoms with Gasteiger partial charge in [0.2, 0.25) is 5.91 Å². The highest BCUT2D eigenvalue weighted by molar-refractivity contribution is 7.93. The fraction of sp³-hybridized carbons (Fsp3) is 0.938. The number of hydrogen-bond donors (Lipinski definition) is 1. The Balaban J connectivity index is 0.00000264. The summed E-state index contributed by atoms with van der Waals surface area (Å²) in [5, 5.41) is 2.10. The molecule has 2 unspecified atom stereocenters. The average molecular weight is 367 g/mol. The number of carbonyl (C=O) groups is 1. The zero-order valence-corrected chi connectivity index (χ0v) is 16.1. The monoisotopic (exact) mass is 366 g/mol. The molecule has 1 saturated carbocycles. The predicted molar refractivity (Wildman–Crippen MR) is 95.7 cm³/mol. The zero-order valence-electron chi connectivity index (χ0n) is 14.5. The Hall–Kier alpha value is -0.330. The van der Waals surface area contributed by atoms with Gasteiger partial charge in [-0.2, -0.15) is 0 Å². The summed E-state index contributed by atoms with van der Waals surface area (Å²) in [6.45, 7) is 7.68.